The average molecular weight is 301 g/mol. The third kappa shape index (κ3) is 3.77. The SMILES string of the molecule is COc1cccc(C(=O)NCC2CCNC2)c1OC.Cl. The van der Waals surface area contributed by atoms with Gasteiger partial charge in [0.1, 0.15) is 0 Å². The molecule has 1 atom stereocenters. The minimum absolute atomic E-state index is 0. The van der Waals surface area contributed by atoms with E-state index in [9.17, 15) is 4.79 Å². The number of carbonyl (C=O) groups excluding carboxylic acids is 1. The van der Waals surface area contributed by atoms with E-state index >= 15 is 0 Å². The summed E-state index contributed by atoms with van der Waals surface area (Å²) >= 11 is 0. The van der Waals surface area contributed by atoms with E-state index in [1.807, 2.05) is 0 Å². The van der Waals surface area contributed by atoms with E-state index in [0.29, 0.717) is 29.5 Å². The van der Waals surface area contributed by atoms with Crippen LogP contribution in [0, 0.1) is 5.92 Å². The van der Waals surface area contributed by atoms with E-state index in [1.165, 1.54) is 7.11 Å². The third-order valence-electron chi connectivity index (χ3n) is 3.36. The lowest BCUT2D eigenvalue weighted by Crippen LogP contribution is -2.30. The van der Waals surface area contributed by atoms with Crippen molar-refractivity contribution in [1.82, 2.24) is 10.6 Å². The van der Waals surface area contributed by atoms with E-state index < -0.39 is 0 Å². The Hall–Kier alpha value is -1.46. The molecule has 0 radical (unpaired) electrons. The average Bonchev–Trinajstić information content (AvgIpc) is 2.97. The Labute approximate surface area is 125 Å². The number of rotatable bonds is 5. The van der Waals surface area contributed by atoms with E-state index in [-0.39, 0.29) is 18.3 Å². The smallest absolute Gasteiger partial charge is 0.255 e. The van der Waals surface area contributed by atoms with E-state index in [2.05, 4.69) is 10.6 Å². The fourth-order valence-corrected chi connectivity index (χ4v) is 2.29. The largest absolute Gasteiger partial charge is 0.493 e. The van der Waals surface area contributed by atoms with Gasteiger partial charge in [0.2, 0.25) is 0 Å². The number of methoxy groups -OCH3 is 2. The summed E-state index contributed by atoms with van der Waals surface area (Å²) in [4.78, 5) is 12.2. The molecular weight excluding hydrogens is 280 g/mol. The molecule has 1 aromatic carbocycles. The number of hydrogen-bond donors (Lipinski definition) is 2. The first-order valence-corrected chi connectivity index (χ1v) is 6.46. The predicted octanol–water partition coefficient (Wildman–Crippen LogP) is 1.46. The number of carbonyl (C=O) groups is 1. The van der Waals surface area contributed by atoms with Gasteiger partial charge in [-0.3, -0.25) is 4.79 Å². The number of hydrogen-bond acceptors (Lipinski definition) is 4. The first kappa shape index (κ1) is 16.6. The Morgan fingerprint density at radius 1 is 1.40 bits per heavy atom. The quantitative estimate of drug-likeness (QED) is 0.864. The molecule has 20 heavy (non-hydrogen) atoms. The molecule has 6 heteroatoms. The zero-order chi connectivity index (χ0) is 13.7. The lowest BCUT2D eigenvalue weighted by molar-refractivity contribution is 0.0944. The summed E-state index contributed by atoms with van der Waals surface area (Å²) in [7, 11) is 3.10. The first-order chi connectivity index (χ1) is 9.26. The number of ether oxygens (including phenoxy) is 2. The highest BCUT2D eigenvalue weighted by atomic mass is 35.5. The Balaban J connectivity index is 0.00000200. The van der Waals surface area contributed by atoms with Crippen LogP contribution in [0.3, 0.4) is 0 Å². The molecular formula is C14H21ClN2O3. The summed E-state index contributed by atoms with van der Waals surface area (Å²) in [5.41, 5.74) is 0.507. The normalized spacial score (nSPS) is 17.2. The van der Waals surface area contributed by atoms with Gasteiger partial charge in [-0.05, 0) is 37.6 Å². The summed E-state index contributed by atoms with van der Waals surface area (Å²) in [6, 6.07) is 5.30. The molecule has 1 unspecified atom stereocenters. The van der Waals surface area contributed by atoms with Gasteiger partial charge in [-0.2, -0.15) is 0 Å². The number of benzene rings is 1. The summed E-state index contributed by atoms with van der Waals surface area (Å²) in [5, 5.41) is 6.23. The zero-order valence-corrected chi connectivity index (χ0v) is 12.6. The molecule has 2 rings (SSSR count). The van der Waals surface area contributed by atoms with Crippen molar-refractivity contribution in [2.75, 3.05) is 33.9 Å². The van der Waals surface area contributed by atoms with Crippen molar-refractivity contribution in [1.29, 1.82) is 0 Å². The minimum atomic E-state index is -0.123. The van der Waals surface area contributed by atoms with Crippen LogP contribution in [0.5, 0.6) is 11.5 Å². The fourth-order valence-electron chi connectivity index (χ4n) is 2.29. The standard InChI is InChI=1S/C14H20N2O3.ClH/c1-18-12-5-3-4-11(13(12)19-2)14(17)16-9-10-6-7-15-8-10;/h3-5,10,15H,6-9H2,1-2H3,(H,16,17);1H. The van der Waals surface area contributed by atoms with Gasteiger partial charge >= 0.3 is 0 Å². The molecule has 2 N–H and O–H groups in total. The first-order valence-electron chi connectivity index (χ1n) is 6.46. The van der Waals surface area contributed by atoms with E-state index in [0.717, 1.165) is 19.5 Å². The molecule has 112 valence electrons. The minimum Gasteiger partial charge on any atom is -0.493 e. The topological polar surface area (TPSA) is 59.6 Å². The maximum absolute atomic E-state index is 12.2. The molecule has 0 aliphatic carbocycles. The van der Waals surface area contributed by atoms with Gasteiger partial charge in [0.05, 0.1) is 19.8 Å². The maximum atomic E-state index is 12.2. The Morgan fingerprint density at radius 2 is 2.20 bits per heavy atom. The van der Waals surface area contributed by atoms with Crippen LogP contribution in [-0.2, 0) is 0 Å². The van der Waals surface area contributed by atoms with Crippen LogP contribution in [0.2, 0.25) is 0 Å². The second-order valence-electron chi connectivity index (χ2n) is 4.61. The molecule has 0 aromatic heterocycles. The molecule has 1 saturated heterocycles. The number of amides is 1. The van der Waals surface area contributed by atoms with Gasteiger partial charge in [0.25, 0.3) is 5.91 Å². The van der Waals surface area contributed by atoms with Crippen molar-refractivity contribution >= 4 is 18.3 Å². The third-order valence-corrected chi connectivity index (χ3v) is 3.36. The van der Waals surface area contributed by atoms with E-state index in [1.54, 1.807) is 25.3 Å². The Morgan fingerprint density at radius 3 is 2.80 bits per heavy atom. The molecule has 1 fully saturated rings. The molecule has 0 bridgehead atoms. The summed E-state index contributed by atoms with van der Waals surface area (Å²) in [5.74, 6) is 1.44. The van der Waals surface area contributed by atoms with E-state index in [4.69, 9.17) is 9.47 Å². The van der Waals surface area contributed by atoms with Crippen LogP contribution in [0.25, 0.3) is 0 Å². The summed E-state index contributed by atoms with van der Waals surface area (Å²) in [6.07, 6.45) is 1.11. The summed E-state index contributed by atoms with van der Waals surface area (Å²) < 4.78 is 10.5. The van der Waals surface area contributed by atoms with Crippen LogP contribution in [-0.4, -0.2) is 39.8 Å². The zero-order valence-electron chi connectivity index (χ0n) is 11.8. The second kappa shape index (κ2) is 7.97. The van der Waals surface area contributed by atoms with Crippen LogP contribution in [0.4, 0.5) is 0 Å². The van der Waals surface area contributed by atoms with Crippen LogP contribution in [0.15, 0.2) is 18.2 Å². The van der Waals surface area contributed by atoms with Crippen molar-refractivity contribution in [2.24, 2.45) is 5.92 Å². The molecule has 0 saturated carbocycles. The van der Waals surface area contributed by atoms with Crippen molar-refractivity contribution < 1.29 is 14.3 Å². The predicted molar refractivity (Wildman–Crippen MR) is 80.1 cm³/mol. The highest BCUT2D eigenvalue weighted by molar-refractivity contribution is 5.97. The molecule has 0 spiro atoms. The lowest BCUT2D eigenvalue weighted by atomic mass is 10.1. The lowest BCUT2D eigenvalue weighted by Gasteiger charge is -2.14. The molecule has 1 heterocycles. The fraction of sp³-hybridized carbons (Fsp3) is 0.500. The van der Waals surface area contributed by atoms with Crippen LogP contribution in [0.1, 0.15) is 16.8 Å². The molecule has 5 nitrogen and oxygen atoms in total. The van der Waals surface area contributed by atoms with Gasteiger partial charge in [-0.1, -0.05) is 6.07 Å². The van der Waals surface area contributed by atoms with Gasteiger partial charge in [-0.25, -0.2) is 0 Å². The van der Waals surface area contributed by atoms with Gasteiger partial charge in [-0.15, -0.1) is 12.4 Å². The molecule has 1 aliphatic rings. The van der Waals surface area contributed by atoms with Crippen molar-refractivity contribution in [3.63, 3.8) is 0 Å². The van der Waals surface area contributed by atoms with Crippen LogP contribution < -0.4 is 20.1 Å². The summed E-state index contributed by atoms with van der Waals surface area (Å²) in [6.45, 7) is 2.69. The highest BCUT2D eigenvalue weighted by Gasteiger charge is 2.19. The van der Waals surface area contributed by atoms with Crippen LogP contribution >= 0.6 is 12.4 Å². The second-order valence-corrected chi connectivity index (χ2v) is 4.61. The molecule has 1 aliphatic heterocycles. The number of halogens is 1. The Bertz CT molecular complexity index is 448. The number of nitrogens with one attached hydrogen (secondary N) is 2. The van der Waals surface area contributed by atoms with Gasteiger partial charge < -0.3 is 20.1 Å². The van der Waals surface area contributed by atoms with Gasteiger partial charge in [0.15, 0.2) is 11.5 Å². The Kier molecular flexibility index (Phi) is 6.61. The monoisotopic (exact) mass is 300 g/mol. The van der Waals surface area contributed by atoms with Crippen molar-refractivity contribution in [2.45, 2.75) is 6.42 Å². The molecule has 1 amide bonds. The highest BCUT2D eigenvalue weighted by Crippen LogP contribution is 2.30. The number of para-hydroxylation sites is 1. The van der Waals surface area contributed by atoms with Gasteiger partial charge in [0, 0.05) is 6.54 Å². The molecule has 1 aromatic rings. The maximum Gasteiger partial charge on any atom is 0.255 e. The van der Waals surface area contributed by atoms with Crippen molar-refractivity contribution in [3.05, 3.63) is 23.8 Å². The van der Waals surface area contributed by atoms with Crippen molar-refractivity contribution in [3.8, 4) is 11.5 Å².